The summed E-state index contributed by atoms with van der Waals surface area (Å²) < 4.78 is 175. The van der Waals surface area contributed by atoms with Crippen LogP contribution < -0.4 is 70.7 Å². The van der Waals surface area contributed by atoms with Crippen LogP contribution in [0.4, 0.5) is 39.5 Å². The fourth-order valence-electron chi connectivity index (χ4n) is 10.7. The zero-order valence-corrected chi connectivity index (χ0v) is 56.8. The molecule has 4 heterocycles. The first-order chi connectivity index (χ1) is 48.0. The normalized spacial score (nSPS) is 11.7. The molecule has 4 aliphatic heterocycles. The highest BCUT2D eigenvalue weighted by atomic mass is 79.9. The van der Waals surface area contributed by atoms with E-state index in [1.165, 1.54) is 194 Å². The molecule has 12 nitrogen and oxygen atoms in total. The number of halogens is 13. The SMILES string of the molecule is BrB(Br)Br.Fc1ccc(Br)cc1.Fc1ccc(Oc2cc(Oc3ccc(F)cc3)c(Oc3ccc(F)cc3)cc2Oc2ccc(F)cc2)cc1.Fc1ccc2c(c1)B1c3cc(F)ccc3Oc3c4c5c(c(c31)O2)Oc1ccc(F)cc1B5c1cc(F)ccc1O4.Oc1cc(O)c(O)cc1O. The highest BCUT2D eigenvalue weighted by Gasteiger charge is 2.51. The Balaban J connectivity index is 0.000000146. The Bertz CT molecular complexity index is 4460. The van der Waals surface area contributed by atoms with E-state index in [9.17, 15) is 39.5 Å². The molecule has 0 aromatic heterocycles. The van der Waals surface area contributed by atoms with E-state index >= 15 is 0 Å². The lowest BCUT2D eigenvalue weighted by molar-refractivity contribution is 0.373. The molecule has 0 amide bonds. The Morgan fingerprint density at radius 3 is 0.690 bits per heavy atom. The molecular formula is C72H40B3Br4F9O12. The monoisotopic (exact) mass is 1620 g/mol. The van der Waals surface area contributed by atoms with Gasteiger partial charge in [0.15, 0.2) is 69.0 Å². The third-order valence-corrected chi connectivity index (χ3v) is 15.5. The van der Waals surface area contributed by atoms with Gasteiger partial charge < -0.3 is 58.3 Å². The Kier molecular flexibility index (Phi) is 20.9. The summed E-state index contributed by atoms with van der Waals surface area (Å²) in [4.78, 5) is 0. The number of hydrogen-bond donors (Lipinski definition) is 4. The largest absolute Gasteiger partial charge is 0.504 e. The zero-order chi connectivity index (χ0) is 70.6. The Hall–Kier alpha value is -10.3. The number of ether oxygens (including phenoxy) is 8. The van der Waals surface area contributed by atoms with E-state index in [0.29, 0.717) is 78.8 Å². The van der Waals surface area contributed by atoms with E-state index < -0.39 is 83.0 Å². The van der Waals surface area contributed by atoms with Crippen molar-refractivity contribution < 1.29 is 97.8 Å². The van der Waals surface area contributed by atoms with Crippen LogP contribution in [0.2, 0.25) is 0 Å². The average Bonchev–Trinajstić information content (AvgIpc) is 0.688. The fraction of sp³-hybridized carbons (Fsp3) is 0. The molecule has 0 fully saturated rings. The van der Waals surface area contributed by atoms with Crippen molar-refractivity contribution >= 4 is 113 Å². The van der Waals surface area contributed by atoms with Crippen LogP contribution in [0.25, 0.3) is 0 Å². The molecule has 4 N–H and O–H groups in total. The predicted octanol–water partition coefficient (Wildman–Crippen LogP) is 18.4. The lowest BCUT2D eigenvalue weighted by Crippen LogP contribution is -2.61. The number of aromatic hydroxyl groups is 4. The lowest BCUT2D eigenvalue weighted by Gasteiger charge is -2.40. The molecule has 4 aliphatic rings. The van der Waals surface area contributed by atoms with Crippen molar-refractivity contribution in [1.29, 1.82) is 0 Å². The second-order valence-electron chi connectivity index (χ2n) is 21.6. The molecule has 16 rings (SSSR count). The van der Waals surface area contributed by atoms with Gasteiger partial charge in [0.05, 0.1) is 0 Å². The molecule has 100 heavy (non-hydrogen) atoms. The third kappa shape index (κ3) is 15.9. The molecule has 0 aliphatic carbocycles. The van der Waals surface area contributed by atoms with Crippen LogP contribution >= 0.6 is 63.2 Å². The Morgan fingerprint density at radius 2 is 0.480 bits per heavy atom. The van der Waals surface area contributed by atoms with Gasteiger partial charge in [-0.05, 0) is 216 Å². The van der Waals surface area contributed by atoms with Gasteiger partial charge in [-0.25, -0.2) is 39.5 Å². The summed E-state index contributed by atoms with van der Waals surface area (Å²) >= 11 is 12.5. The van der Waals surface area contributed by atoms with Crippen molar-refractivity contribution in [2.75, 3.05) is 0 Å². The Labute approximate surface area is 596 Å². The molecule has 0 saturated carbocycles. The van der Waals surface area contributed by atoms with Crippen molar-refractivity contribution in [3.8, 4) is 115 Å². The summed E-state index contributed by atoms with van der Waals surface area (Å²) in [6, 6.07) is 48.7. The van der Waals surface area contributed by atoms with Crippen molar-refractivity contribution in [2.24, 2.45) is 0 Å². The molecule has 0 saturated heterocycles. The first-order valence-electron chi connectivity index (χ1n) is 29.3. The number of phenols is 4. The second kappa shape index (κ2) is 30.1. The lowest BCUT2D eigenvalue weighted by atomic mass is 9.32. The summed E-state index contributed by atoms with van der Waals surface area (Å²) in [5.41, 5.74) is 2.93. The molecule has 0 bridgehead atoms. The highest BCUT2D eigenvalue weighted by molar-refractivity contribution is 9.69. The number of hydrogen-bond acceptors (Lipinski definition) is 12. The number of benzene rings is 12. The van der Waals surface area contributed by atoms with Gasteiger partial charge in [0, 0.05) is 39.7 Å². The first-order valence-corrected chi connectivity index (χ1v) is 32.8. The predicted molar refractivity (Wildman–Crippen MR) is 374 cm³/mol. The van der Waals surface area contributed by atoms with E-state index in [2.05, 4.69) is 63.2 Å². The van der Waals surface area contributed by atoms with Crippen LogP contribution in [-0.2, 0) is 0 Å². The van der Waals surface area contributed by atoms with Gasteiger partial charge >= 0.3 is 3.18 Å². The van der Waals surface area contributed by atoms with Crippen molar-refractivity contribution in [1.82, 2.24) is 0 Å². The van der Waals surface area contributed by atoms with E-state index in [1.54, 1.807) is 12.1 Å². The third-order valence-electron chi connectivity index (χ3n) is 15.0. The topological polar surface area (TPSA) is 155 Å². The molecule has 28 heteroatoms. The van der Waals surface area contributed by atoms with Gasteiger partial charge in [0.1, 0.15) is 98.4 Å². The first kappa shape index (κ1) is 69.6. The summed E-state index contributed by atoms with van der Waals surface area (Å²) in [7, 11) is 0. The minimum Gasteiger partial charge on any atom is -0.504 e. The van der Waals surface area contributed by atoms with Crippen molar-refractivity contribution in [2.45, 2.75) is 0 Å². The number of fused-ring (bicyclic) bond motifs is 10. The van der Waals surface area contributed by atoms with Gasteiger partial charge in [-0.15, -0.1) is 47.3 Å². The van der Waals surface area contributed by atoms with Gasteiger partial charge in [-0.2, -0.15) is 0 Å². The van der Waals surface area contributed by atoms with Crippen molar-refractivity contribution in [3.63, 3.8) is 0 Å². The molecule has 12 aromatic carbocycles. The van der Waals surface area contributed by atoms with E-state index in [-0.39, 0.29) is 55.0 Å². The maximum atomic E-state index is 14.6. The maximum Gasteiger partial charge on any atom is 0.369 e. The van der Waals surface area contributed by atoms with E-state index in [4.69, 9.17) is 58.3 Å². The van der Waals surface area contributed by atoms with Crippen LogP contribution in [0, 0.1) is 52.4 Å². The fourth-order valence-corrected chi connectivity index (χ4v) is 11.0. The smallest absolute Gasteiger partial charge is 0.369 e. The maximum absolute atomic E-state index is 14.6. The van der Waals surface area contributed by atoms with Gasteiger partial charge in [-0.3, -0.25) is 0 Å². The number of phenolic OH excluding ortho intramolecular Hbond substituents is 4. The van der Waals surface area contributed by atoms with Crippen LogP contribution in [-0.4, -0.2) is 37.0 Å². The Morgan fingerprint density at radius 1 is 0.280 bits per heavy atom. The van der Waals surface area contributed by atoms with E-state index in [0.717, 1.165) is 16.6 Å². The average molecular weight is 1620 g/mol. The molecule has 0 atom stereocenters. The standard InChI is InChI=1S/C30H12B2F4O4.C30H18F4O4.C6H4BrF.C6H6O4.BBr3/c33-13-1-5-21-17(9-13)31-18-10-14(34)2-6-22(18)39-29-25(31)27(37-21)28-26-30(29)40-24-8-4-16(36)12-20(24)32(26)19-11-15(35)3-7-23(19)38-28;31-19-1-9-23(10-2-19)35-27-17-29(37-25-13-5-21(33)6-14-25)30(38-26-15-7-22(34)8-16-26)18-28(27)36-24-11-3-20(32)4-12-24;7-5-1-3-6(8)4-2-5;7-3-1-4(8)6(10)2-5(3)9;2-1(3)4/h1-12H;1-18H;1-4H;1-2,7-10H;. The summed E-state index contributed by atoms with van der Waals surface area (Å²) in [6.07, 6.45) is 0. The molecule has 0 radical (unpaired) electrons. The summed E-state index contributed by atoms with van der Waals surface area (Å²) in [6.45, 7) is -1.33. The van der Waals surface area contributed by atoms with Gasteiger partial charge in [0.2, 0.25) is 0 Å². The number of rotatable bonds is 8. The minimum absolute atomic E-state index is 0.157. The van der Waals surface area contributed by atoms with E-state index in [1.807, 2.05) is 0 Å². The molecular weight excluding hydrogens is 1580 g/mol. The molecule has 0 unspecified atom stereocenters. The van der Waals surface area contributed by atoms with Crippen LogP contribution in [0.3, 0.4) is 0 Å². The van der Waals surface area contributed by atoms with Gasteiger partial charge in [0.25, 0.3) is 13.4 Å². The second-order valence-corrected chi connectivity index (χ2v) is 29.0. The van der Waals surface area contributed by atoms with Crippen LogP contribution in [0.1, 0.15) is 0 Å². The van der Waals surface area contributed by atoms with Crippen LogP contribution in [0.15, 0.2) is 223 Å². The molecule has 500 valence electrons. The molecule has 12 aromatic rings. The van der Waals surface area contributed by atoms with Gasteiger partial charge in [-0.1, -0.05) is 15.9 Å². The quantitative estimate of drug-likeness (QED) is 0.0495. The summed E-state index contributed by atoms with van der Waals surface area (Å²) in [5.74, 6) is -1.27. The summed E-state index contributed by atoms with van der Waals surface area (Å²) in [5, 5.41) is 34.8. The van der Waals surface area contributed by atoms with Crippen molar-refractivity contribution in [3.05, 3.63) is 275 Å². The molecule has 0 spiro atoms. The highest BCUT2D eigenvalue weighted by Crippen LogP contribution is 2.51. The van der Waals surface area contributed by atoms with Crippen LogP contribution in [0.5, 0.6) is 115 Å². The minimum atomic E-state index is -0.666. The zero-order valence-electron chi connectivity index (χ0n) is 50.5.